The Hall–Kier alpha value is -2.37. The fourth-order valence-electron chi connectivity index (χ4n) is 3.00. The number of likely N-dealkylation sites (tertiary alicyclic amines) is 1. The number of carbonyl (C=O) groups excluding carboxylic acids is 3. The normalized spacial score (nSPS) is 20.7. The van der Waals surface area contributed by atoms with Gasteiger partial charge in [-0.05, 0) is 51.3 Å². The van der Waals surface area contributed by atoms with Crippen LogP contribution in [0, 0.1) is 0 Å². The van der Waals surface area contributed by atoms with Gasteiger partial charge in [0.15, 0.2) is 0 Å². The first-order chi connectivity index (χ1) is 10.9. The van der Waals surface area contributed by atoms with Gasteiger partial charge in [0, 0.05) is 30.4 Å². The highest BCUT2D eigenvalue weighted by Gasteiger charge is 2.32. The van der Waals surface area contributed by atoms with Crippen molar-refractivity contribution in [2.24, 2.45) is 0 Å². The number of anilines is 2. The van der Waals surface area contributed by atoms with Gasteiger partial charge in [-0.2, -0.15) is 0 Å². The van der Waals surface area contributed by atoms with Crippen molar-refractivity contribution in [3.05, 3.63) is 24.3 Å². The standard InChI is InChI=1S/C17H23N3O3/c1-11-6-4-7-12(2)20(11)17(23)16(22)19-15-9-5-8-14(10-15)18-13(3)21/h5,8-12H,4,6-7H2,1-3H3,(H,18,21)(H,19,22). The molecule has 0 radical (unpaired) electrons. The third-order valence-corrected chi connectivity index (χ3v) is 4.06. The summed E-state index contributed by atoms with van der Waals surface area (Å²) < 4.78 is 0. The van der Waals surface area contributed by atoms with Crippen LogP contribution in [-0.4, -0.2) is 34.7 Å². The average Bonchev–Trinajstić information content (AvgIpc) is 2.46. The zero-order chi connectivity index (χ0) is 17.0. The van der Waals surface area contributed by atoms with E-state index in [1.807, 2.05) is 13.8 Å². The highest BCUT2D eigenvalue weighted by Crippen LogP contribution is 2.23. The zero-order valence-corrected chi connectivity index (χ0v) is 13.8. The lowest BCUT2D eigenvalue weighted by Gasteiger charge is -2.38. The molecule has 1 fully saturated rings. The first kappa shape index (κ1) is 17.0. The van der Waals surface area contributed by atoms with Gasteiger partial charge in [0.05, 0.1) is 0 Å². The number of amides is 3. The van der Waals surface area contributed by atoms with Crippen molar-refractivity contribution < 1.29 is 14.4 Å². The van der Waals surface area contributed by atoms with E-state index < -0.39 is 11.8 Å². The summed E-state index contributed by atoms with van der Waals surface area (Å²) in [5.74, 6) is -1.35. The number of benzene rings is 1. The summed E-state index contributed by atoms with van der Waals surface area (Å²) in [4.78, 5) is 37.4. The summed E-state index contributed by atoms with van der Waals surface area (Å²) in [6.07, 6.45) is 2.91. The van der Waals surface area contributed by atoms with Crippen LogP contribution in [0.25, 0.3) is 0 Å². The molecule has 23 heavy (non-hydrogen) atoms. The number of piperidine rings is 1. The first-order valence-electron chi connectivity index (χ1n) is 7.89. The molecule has 1 aliphatic heterocycles. The quantitative estimate of drug-likeness (QED) is 0.822. The fourth-order valence-corrected chi connectivity index (χ4v) is 3.00. The van der Waals surface area contributed by atoms with Crippen LogP contribution in [0.1, 0.15) is 40.0 Å². The molecule has 1 saturated heterocycles. The monoisotopic (exact) mass is 317 g/mol. The molecule has 3 amide bonds. The summed E-state index contributed by atoms with van der Waals surface area (Å²) in [5, 5.41) is 5.25. The minimum atomic E-state index is -0.648. The highest BCUT2D eigenvalue weighted by atomic mass is 16.2. The van der Waals surface area contributed by atoms with Crippen molar-refractivity contribution in [1.82, 2.24) is 4.90 Å². The summed E-state index contributed by atoms with van der Waals surface area (Å²) in [5.41, 5.74) is 1.05. The predicted molar refractivity (Wildman–Crippen MR) is 89.0 cm³/mol. The van der Waals surface area contributed by atoms with Crippen molar-refractivity contribution in [3.8, 4) is 0 Å². The smallest absolute Gasteiger partial charge is 0.313 e. The van der Waals surface area contributed by atoms with Gasteiger partial charge >= 0.3 is 11.8 Å². The van der Waals surface area contributed by atoms with Crippen LogP contribution < -0.4 is 10.6 Å². The van der Waals surface area contributed by atoms with Crippen LogP contribution in [0.15, 0.2) is 24.3 Å². The Kier molecular flexibility index (Phi) is 5.36. The maximum atomic E-state index is 12.4. The second-order valence-electron chi connectivity index (χ2n) is 6.06. The minimum absolute atomic E-state index is 0.0720. The van der Waals surface area contributed by atoms with E-state index >= 15 is 0 Å². The van der Waals surface area contributed by atoms with E-state index in [2.05, 4.69) is 10.6 Å². The van der Waals surface area contributed by atoms with Crippen molar-refractivity contribution in [1.29, 1.82) is 0 Å². The lowest BCUT2D eigenvalue weighted by Crippen LogP contribution is -2.51. The first-order valence-corrected chi connectivity index (χ1v) is 7.89. The molecule has 0 spiro atoms. The van der Waals surface area contributed by atoms with Crippen molar-refractivity contribution in [2.45, 2.75) is 52.1 Å². The van der Waals surface area contributed by atoms with Gasteiger partial charge in [0.1, 0.15) is 0 Å². The molecule has 0 bridgehead atoms. The minimum Gasteiger partial charge on any atom is -0.329 e. The molecule has 0 aliphatic carbocycles. The second kappa shape index (κ2) is 7.26. The third kappa shape index (κ3) is 4.31. The second-order valence-corrected chi connectivity index (χ2v) is 6.06. The van der Waals surface area contributed by atoms with E-state index in [1.54, 1.807) is 29.2 Å². The fraction of sp³-hybridized carbons (Fsp3) is 0.471. The molecule has 2 atom stereocenters. The Morgan fingerprint density at radius 2 is 1.61 bits per heavy atom. The van der Waals surface area contributed by atoms with Gasteiger partial charge in [-0.1, -0.05) is 6.07 Å². The molecule has 1 aromatic carbocycles. The Labute approximate surface area is 136 Å². The average molecular weight is 317 g/mol. The van der Waals surface area contributed by atoms with Gasteiger partial charge in [-0.15, -0.1) is 0 Å². The number of nitrogens with one attached hydrogen (secondary N) is 2. The summed E-state index contributed by atoms with van der Waals surface area (Å²) in [6, 6.07) is 6.87. The number of rotatable bonds is 2. The van der Waals surface area contributed by atoms with Crippen LogP contribution in [0.5, 0.6) is 0 Å². The van der Waals surface area contributed by atoms with Crippen LogP contribution in [-0.2, 0) is 14.4 Å². The predicted octanol–water partition coefficient (Wildman–Crippen LogP) is 2.37. The highest BCUT2D eigenvalue weighted by molar-refractivity contribution is 6.39. The molecule has 2 rings (SSSR count). The van der Waals surface area contributed by atoms with E-state index in [1.165, 1.54) is 6.92 Å². The molecule has 0 aromatic heterocycles. The van der Waals surface area contributed by atoms with Gasteiger partial charge in [-0.3, -0.25) is 14.4 Å². The van der Waals surface area contributed by atoms with Crippen LogP contribution in [0.4, 0.5) is 11.4 Å². The Balaban J connectivity index is 2.06. The van der Waals surface area contributed by atoms with E-state index in [0.29, 0.717) is 11.4 Å². The molecular formula is C17H23N3O3. The largest absolute Gasteiger partial charge is 0.329 e. The molecule has 1 aromatic rings. The van der Waals surface area contributed by atoms with Gasteiger partial charge in [0.2, 0.25) is 5.91 Å². The summed E-state index contributed by atoms with van der Waals surface area (Å²) >= 11 is 0. The molecule has 1 aliphatic rings. The van der Waals surface area contributed by atoms with Crippen molar-refractivity contribution >= 4 is 29.1 Å². The van der Waals surface area contributed by atoms with Gasteiger partial charge in [0.25, 0.3) is 0 Å². The maximum Gasteiger partial charge on any atom is 0.313 e. The molecule has 6 heteroatoms. The topological polar surface area (TPSA) is 78.5 Å². The van der Waals surface area contributed by atoms with Crippen LogP contribution in [0.3, 0.4) is 0 Å². The number of carbonyl (C=O) groups is 3. The molecule has 6 nitrogen and oxygen atoms in total. The van der Waals surface area contributed by atoms with E-state index in [9.17, 15) is 14.4 Å². The molecule has 0 saturated carbocycles. The Morgan fingerprint density at radius 1 is 1.04 bits per heavy atom. The lowest BCUT2D eigenvalue weighted by molar-refractivity contribution is -0.147. The Bertz CT molecular complexity index is 605. The van der Waals surface area contributed by atoms with Crippen LogP contribution >= 0.6 is 0 Å². The molecule has 124 valence electrons. The van der Waals surface area contributed by atoms with Gasteiger partial charge in [-0.25, -0.2) is 0 Å². The van der Waals surface area contributed by atoms with Crippen LogP contribution in [0.2, 0.25) is 0 Å². The van der Waals surface area contributed by atoms with Gasteiger partial charge < -0.3 is 15.5 Å². The zero-order valence-electron chi connectivity index (χ0n) is 13.8. The van der Waals surface area contributed by atoms with E-state index in [0.717, 1.165) is 19.3 Å². The van der Waals surface area contributed by atoms with E-state index in [4.69, 9.17) is 0 Å². The summed E-state index contributed by atoms with van der Waals surface area (Å²) in [7, 11) is 0. The summed E-state index contributed by atoms with van der Waals surface area (Å²) in [6.45, 7) is 5.35. The van der Waals surface area contributed by atoms with Crippen molar-refractivity contribution in [3.63, 3.8) is 0 Å². The Morgan fingerprint density at radius 3 is 2.17 bits per heavy atom. The lowest BCUT2D eigenvalue weighted by atomic mass is 9.97. The molecule has 2 N–H and O–H groups in total. The number of hydrogen-bond acceptors (Lipinski definition) is 3. The maximum absolute atomic E-state index is 12.4. The number of hydrogen-bond donors (Lipinski definition) is 2. The third-order valence-electron chi connectivity index (χ3n) is 4.06. The molecule has 2 unspecified atom stereocenters. The number of nitrogens with zero attached hydrogens (tertiary/aromatic N) is 1. The molecule has 1 heterocycles. The molecular weight excluding hydrogens is 294 g/mol. The van der Waals surface area contributed by atoms with Crippen molar-refractivity contribution in [2.75, 3.05) is 10.6 Å². The van der Waals surface area contributed by atoms with E-state index in [-0.39, 0.29) is 18.0 Å². The SMILES string of the molecule is CC(=O)Nc1cccc(NC(=O)C(=O)N2C(C)CCCC2C)c1.